The second kappa shape index (κ2) is 4.61. The van der Waals surface area contributed by atoms with Crippen molar-refractivity contribution in [1.82, 2.24) is 15.0 Å². The molecule has 5 rings (SSSR count). The molecular formula is C19H11N3O. The van der Waals surface area contributed by atoms with Gasteiger partial charge in [-0.05, 0) is 18.2 Å². The third kappa shape index (κ3) is 1.82. The second-order valence-electron chi connectivity index (χ2n) is 5.39. The van der Waals surface area contributed by atoms with E-state index in [1.54, 1.807) is 6.20 Å². The molecule has 3 aromatic heterocycles. The summed E-state index contributed by atoms with van der Waals surface area (Å²) in [4.78, 5) is 13.6. The highest BCUT2D eigenvalue weighted by atomic mass is 16.3. The van der Waals surface area contributed by atoms with Crippen LogP contribution in [-0.4, -0.2) is 15.0 Å². The summed E-state index contributed by atoms with van der Waals surface area (Å²) in [5.41, 5.74) is 3.14. The molecule has 2 aromatic carbocycles. The first-order valence-electron chi connectivity index (χ1n) is 7.38. The van der Waals surface area contributed by atoms with E-state index in [1.807, 2.05) is 60.8 Å². The molecule has 0 fully saturated rings. The van der Waals surface area contributed by atoms with E-state index in [0.717, 1.165) is 32.8 Å². The molecule has 0 N–H and O–H groups in total. The highest BCUT2D eigenvalue weighted by Gasteiger charge is 2.15. The molecule has 0 aliphatic carbocycles. The van der Waals surface area contributed by atoms with Gasteiger partial charge in [0.1, 0.15) is 5.58 Å². The van der Waals surface area contributed by atoms with Gasteiger partial charge in [0.2, 0.25) is 0 Å². The third-order valence-electron chi connectivity index (χ3n) is 3.99. The van der Waals surface area contributed by atoms with Crippen molar-refractivity contribution in [2.24, 2.45) is 0 Å². The summed E-state index contributed by atoms with van der Waals surface area (Å²) in [6, 6.07) is 17.8. The highest BCUT2D eigenvalue weighted by Crippen LogP contribution is 2.33. The van der Waals surface area contributed by atoms with Gasteiger partial charge < -0.3 is 4.42 Å². The van der Waals surface area contributed by atoms with Gasteiger partial charge in [0.15, 0.2) is 17.1 Å². The van der Waals surface area contributed by atoms with Crippen LogP contribution in [0.2, 0.25) is 0 Å². The van der Waals surface area contributed by atoms with Crippen molar-refractivity contribution in [2.45, 2.75) is 0 Å². The molecule has 0 aliphatic rings. The molecule has 0 radical (unpaired) electrons. The van der Waals surface area contributed by atoms with Gasteiger partial charge in [-0.1, -0.05) is 36.4 Å². The Labute approximate surface area is 131 Å². The Balaban J connectivity index is 1.84. The summed E-state index contributed by atoms with van der Waals surface area (Å²) in [5, 5.41) is 3.11. The summed E-state index contributed by atoms with van der Waals surface area (Å²) in [6.45, 7) is 0. The lowest BCUT2D eigenvalue weighted by atomic mass is 10.1. The number of para-hydroxylation sites is 2. The van der Waals surface area contributed by atoms with E-state index in [9.17, 15) is 0 Å². The number of rotatable bonds is 1. The van der Waals surface area contributed by atoms with Crippen LogP contribution in [0, 0.1) is 0 Å². The zero-order valence-electron chi connectivity index (χ0n) is 12.1. The van der Waals surface area contributed by atoms with Crippen LogP contribution in [0.3, 0.4) is 0 Å². The number of pyridine rings is 1. The van der Waals surface area contributed by atoms with E-state index in [4.69, 9.17) is 4.42 Å². The monoisotopic (exact) mass is 297 g/mol. The van der Waals surface area contributed by atoms with Crippen molar-refractivity contribution in [3.05, 3.63) is 67.0 Å². The summed E-state index contributed by atoms with van der Waals surface area (Å²) in [5.74, 6) is 0.577. The molecule has 5 aromatic rings. The van der Waals surface area contributed by atoms with Crippen molar-refractivity contribution in [3.63, 3.8) is 0 Å². The molecule has 0 saturated carbocycles. The minimum absolute atomic E-state index is 0.577. The minimum atomic E-state index is 0.577. The van der Waals surface area contributed by atoms with Crippen molar-refractivity contribution in [1.29, 1.82) is 0 Å². The molecule has 23 heavy (non-hydrogen) atoms. The van der Waals surface area contributed by atoms with E-state index in [1.165, 1.54) is 0 Å². The van der Waals surface area contributed by atoms with E-state index in [2.05, 4.69) is 15.0 Å². The first-order chi connectivity index (χ1) is 11.4. The lowest BCUT2D eigenvalue weighted by Gasteiger charge is -2.02. The maximum atomic E-state index is 6.01. The summed E-state index contributed by atoms with van der Waals surface area (Å²) >= 11 is 0. The minimum Gasteiger partial charge on any atom is -0.454 e. The van der Waals surface area contributed by atoms with Gasteiger partial charge in [0.25, 0.3) is 0 Å². The van der Waals surface area contributed by atoms with Crippen molar-refractivity contribution in [2.75, 3.05) is 0 Å². The number of aromatic nitrogens is 3. The van der Waals surface area contributed by atoms with E-state index >= 15 is 0 Å². The topological polar surface area (TPSA) is 51.8 Å². The van der Waals surface area contributed by atoms with Gasteiger partial charge >= 0.3 is 0 Å². The van der Waals surface area contributed by atoms with Crippen molar-refractivity contribution >= 4 is 32.8 Å². The molecule has 0 saturated heterocycles. The van der Waals surface area contributed by atoms with Gasteiger partial charge in [0, 0.05) is 28.6 Å². The van der Waals surface area contributed by atoms with Gasteiger partial charge in [-0.15, -0.1) is 0 Å². The molecule has 108 valence electrons. The summed E-state index contributed by atoms with van der Waals surface area (Å²) in [7, 11) is 0. The number of nitrogens with zero attached hydrogens (tertiary/aromatic N) is 3. The number of furan rings is 1. The fourth-order valence-corrected chi connectivity index (χ4v) is 2.90. The quantitative estimate of drug-likeness (QED) is 0.454. The molecule has 0 spiro atoms. The number of benzene rings is 2. The van der Waals surface area contributed by atoms with E-state index in [-0.39, 0.29) is 0 Å². The zero-order valence-corrected chi connectivity index (χ0v) is 12.1. The van der Waals surface area contributed by atoms with Gasteiger partial charge in [0.05, 0.1) is 5.52 Å². The largest absolute Gasteiger partial charge is 0.454 e. The van der Waals surface area contributed by atoms with Gasteiger partial charge in [-0.2, -0.15) is 0 Å². The molecule has 4 nitrogen and oxygen atoms in total. The molecule has 0 bridgehead atoms. The van der Waals surface area contributed by atoms with Gasteiger partial charge in [-0.25, -0.2) is 15.0 Å². The van der Waals surface area contributed by atoms with Crippen LogP contribution in [0.5, 0.6) is 0 Å². The molecule has 4 heteroatoms. The third-order valence-corrected chi connectivity index (χ3v) is 3.99. The predicted molar refractivity (Wildman–Crippen MR) is 90.0 cm³/mol. The Kier molecular flexibility index (Phi) is 2.46. The van der Waals surface area contributed by atoms with E-state index < -0.39 is 0 Å². The van der Waals surface area contributed by atoms with Crippen LogP contribution in [0.15, 0.2) is 71.4 Å². The molecule has 0 unspecified atom stereocenters. The van der Waals surface area contributed by atoms with Gasteiger partial charge in [-0.3, -0.25) is 0 Å². The molecule has 0 atom stereocenters. The fourth-order valence-electron chi connectivity index (χ4n) is 2.90. The van der Waals surface area contributed by atoms with Crippen molar-refractivity contribution in [3.8, 4) is 11.5 Å². The Bertz CT molecular complexity index is 1180. The summed E-state index contributed by atoms with van der Waals surface area (Å²) in [6.07, 6.45) is 3.60. The zero-order chi connectivity index (χ0) is 15.2. The average molecular weight is 297 g/mol. The van der Waals surface area contributed by atoms with Crippen LogP contribution in [-0.2, 0) is 0 Å². The Morgan fingerprint density at radius 1 is 0.783 bits per heavy atom. The first kappa shape index (κ1) is 12.3. The van der Waals surface area contributed by atoms with Crippen LogP contribution in [0.25, 0.3) is 44.4 Å². The average Bonchev–Trinajstić information content (AvgIpc) is 3.00. The van der Waals surface area contributed by atoms with E-state index in [0.29, 0.717) is 11.5 Å². The predicted octanol–water partition coefficient (Wildman–Crippen LogP) is 4.59. The first-order valence-corrected chi connectivity index (χ1v) is 7.38. The lowest BCUT2D eigenvalue weighted by molar-refractivity contribution is 0.667. The second-order valence-corrected chi connectivity index (χ2v) is 5.39. The SMILES string of the molecule is c1ccc2nc(-c3nccc4c3oc3ccccc34)ncc2c1. The molecular weight excluding hydrogens is 286 g/mol. The molecule has 0 amide bonds. The maximum Gasteiger partial charge on any atom is 0.182 e. The summed E-state index contributed by atoms with van der Waals surface area (Å²) < 4.78 is 6.01. The van der Waals surface area contributed by atoms with Crippen LogP contribution >= 0.6 is 0 Å². The Hall–Kier alpha value is -3.27. The standard InChI is InChI=1S/C19H11N3O/c1-3-7-15-12(5-1)11-21-19(22-15)17-18-14(9-10-20-17)13-6-2-4-8-16(13)23-18/h1-11H. The molecule has 0 aliphatic heterocycles. The highest BCUT2D eigenvalue weighted by molar-refractivity contribution is 6.08. The van der Waals surface area contributed by atoms with Crippen LogP contribution in [0.1, 0.15) is 0 Å². The normalized spacial score (nSPS) is 11.5. The Morgan fingerprint density at radius 3 is 2.65 bits per heavy atom. The van der Waals surface area contributed by atoms with Crippen LogP contribution < -0.4 is 0 Å². The van der Waals surface area contributed by atoms with Crippen molar-refractivity contribution < 1.29 is 4.42 Å². The number of hydrogen-bond acceptors (Lipinski definition) is 4. The Morgan fingerprint density at radius 2 is 1.65 bits per heavy atom. The number of fused-ring (bicyclic) bond motifs is 4. The lowest BCUT2D eigenvalue weighted by Crippen LogP contribution is -1.92. The van der Waals surface area contributed by atoms with Crippen LogP contribution in [0.4, 0.5) is 0 Å². The fraction of sp³-hybridized carbons (Fsp3) is 0. The maximum absolute atomic E-state index is 6.01. The molecule has 3 heterocycles. The number of hydrogen-bond donors (Lipinski definition) is 0. The smallest absolute Gasteiger partial charge is 0.182 e.